The van der Waals surface area contributed by atoms with E-state index in [0.29, 0.717) is 12.1 Å². The lowest BCUT2D eigenvalue weighted by Gasteiger charge is -2.36. The van der Waals surface area contributed by atoms with Crippen LogP contribution in [0, 0.1) is 0 Å². The van der Waals surface area contributed by atoms with E-state index in [1.54, 1.807) is 12.3 Å². The number of aromatic hydroxyl groups is 1. The van der Waals surface area contributed by atoms with Crippen molar-refractivity contribution in [2.75, 3.05) is 6.54 Å². The fourth-order valence-corrected chi connectivity index (χ4v) is 4.74. The topological polar surface area (TPSA) is 96.2 Å². The number of rotatable bonds is 5. The van der Waals surface area contributed by atoms with Crippen LogP contribution in [0.15, 0.2) is 80.2 Å². The minimum atomic E-state index is -0.608. The molecular weight excluding hydrogens is 486 g/mol. The molecule has 0 saturated carbocycles. The van der Waals surface area contributed by atoms with Crippen molar-refractivity contribution in [1.82, 2.24) is 14.5 Å². The van der Waals surface area contributed by atoms with Crippen LogP contribution in [0.25, 0.3) is 10.9 Å². The molecule has 1 saturated heterocycles. The van der Waals surface area contributed by atoms with Gasteiger partial charge in [0.05, 0.1) is 18.4 Å². The summed E-state index contributed by atoms with van der Waals surface area (Å²) in [5.41, 5.74) is 2.23. The first-order chi connectivity index (χ1) is 16.1. The summed E-state index contributed by atoms with van der Waals surface area (Å²) in [5, 5.41) is 19.8. The lowest BCUT2D eigenvalue weighted by atomic mass is 9.97. The largest absolute Gasteiger partial charge is 0.493 e. The van der Waals surface area contributed by atoms with Gasteiger partial charge in [-0.05, 0) is 54.8 Å². The third-order valence-corrected chi connectivity index (χ3v) is 6.44. The average molecular weight is 508 g/mol. The van der Waals surface area contributed by atoms with E-state index in [9.17, 15) is 9.90 Å². The van der Waals surface area contributed by atoms with Crippen molar-refractivity contribution in [2.24, 2.45) is 10.2 Å². The molecule has 5 rings (SSSR count). The molecular formula is C24H22BrN5O3. The summed E-state index contributed by atoms with van der Waals surface area (Å²) in [6.07, 6.45) is 8.36. The number of furan rings is 1. The number of hydrogen-bond donors (Lipinski definition) is 1. The fourth-order valence-electron chi connectivity index (χ4n) is 4.37. The van der Waals surface area contributed by atoms with E-state index >= 15 is 0 Å². The molecule has 0 aliphatic carbocycles. The molecule has 33 heavy (non-hydrogen) atoms. The van der Waals surface area contributed by atoms with Gasteiger partial charge < -0.3 is 9.52 Å². The molecule has 1 N–H and O–H groups in total. The van der Waals surface area contributed by atoms with Crippen LogP contribution in [0.5, 0.6) is 5.88 Å². The zero-order valence-corrected chi connectivity index (χ0v) is 19.4. The number of piperidine rings is 1. The second-order valence-electron chi connectivity index (χ2n) is 8.00. The molecule has 0 radical (unpaired) electrons. The summed E-state index contributed by atoms with van der Waals surface area (Å²) in [7, 11) is 0. The number of amides is 1. The molecule has 168 valence electrons. The molecule has 1 unspecified atom stereocenters. The van der Waals surface area contributed by atoms with Crippen molar-refractivity contribution < 1.29 is 14.3 Å². The van der Waals surface area contributed by atoms with Gasteiger partial charge in [-0.25, -0.2) is 0 Å². The maximum Gasteiger partial charge on any atom is 0.331 e. The number of likely N-dealkylation sites (tertiary alicyclic amines) is 1. The van der Waals surface area contributed by atoms with Gasteiger partial charge in [-0.15, -0.1) is 10.2 Å². The Hall–Kier alpha value is -3.30. The third-order valence-electron chi connectivity index (χ3n) is 5.95. The average Bonchev–Trinajstić information content (AvgIpc) is 3.46. The van der Waals surface area contributed by atoms with Crippen LogP contribution in [0.4, 0.5) is 5.69 Å². The summed E-state index contributed by atoms with van der Waals surface area (Å²) in [6.45, 7) is 1.38. The Bertz CT molecular complexity index is 1300. The third kappa shape index (κ3) is 4.34. The lowest BCUT2D eigenvalue weighted by molar-refractivity contribution is 0.0968. The number of hydrogen-bond acceptors (Lipinski definition) is 6. The van der Waals surface area contributed by atoms with Gasteiger partial charge in [0.25, 0.3) is 0 Å². The summed E-state index contributed by atoms with van der Waals surface area (Å²) in [6, 6.07) is 13.1. The molecule has 1 atom stereocenters. The van der Waals surface area contributed by atoms with Gasteiger partial charge >= 0.3 is 5.91 Å². The van der Waals surface area contributed by atoms with E-state index in [0.717, 1.165) is 35.8 Å². The van der Waals surface area contributed by atoms with Crippen molar-refractivity contribution in [3.63, 3.8) is 0 Å². The van der Waals surface area contributed by atoms with E-state index in [-0.39, 0.29) is 23.4 Å². The maximum atomic E-state index is 12.3. The summed E-state index contributed by atoms with van der Waals surface area (Å²) in [5.74, 6) is -0.548. The van der Waals surface area contributed by atoms with Crippen LogP contribution in [0.3, 0.4) is 0 Å². The van der Waals surface area contributed by atoms with Gasteiger partial charge in [0.2, 0.25) is 5.88 Å². The molecule has 1 aliphatic heterocycles. The first-order valence-electron chi connectivity index (χ1n) is 10.8. The Morgan fingerprint density at radius 3 is 2.94 bits per heavy atom. The number of carbonyl (C=O) groups excluding carboxylic acids is 1. The lowest BCUT2D eigenvalue weighted by Crippen LogP contribution is -2.34. The van der Waals surface area contributed by atoms with Crippen molar-refractivity contribution in [3.05, 3.63) is 76.9 Å². The maximum absolute atomic E-state index is 12.3. The molecule has 1 amide bonds. The van der Waals surface area contributed by atoms with Crippen molar-refractivity contribution in [2.45, 2.75) is 32.0 Å². The number of azo groups is 1. The van der Waals surface area contributed by atoms with Gasteiger partial charge in [0.15, 0.2) is 11.4 Å². The molecule has 1 aliphatic rings. The smallest absolute Gasteiger partial charge is 0.331 e. The number of pyridine rings is 1. The molecule has 1 fully saturated rings. The van der Waals surface area contributed by atoms with Crippen LogP contribution >= 0.6 is 15.9 Å². The van der Waals surface area contributed by atoms with E-state index < -0.39 is 5.91 Å². The summed E-state index contributed by atoms with van der Waals surface area (Å²) < 4.78 is 7.75. The Morgan fingerprint density at radius 1 is 1.24 bits per heavy atom. The summed E-state index contributed by atoms with van der Waals surface area (Å²) in [4.78, 5) is 18.9. The van der Waals surface area contributed by atoms with Gasteiger partial charge in [-0.2, -0.15) is 0 Å². The molecule has 8 nitrogen and oxygen atoms in total. The number of nitrogens with zero attached hydrogens (tertiary/aromatic N) is 5. The van der Waals surface area contributed by atoms with Crippen LogP contribution in [-0.4, -0.2) is 32.0 Å². The van der Waals surface area contributed by atoms with Crippen LogP contribution < -0.4 is 0 Å². The standard InChI is InChI=1S/C24H22BrN5O3/c25-17-8-9-20-18(13-17)22(27-28-23(31)21-7-4-12-33-21)24(32)30(20)15-29-11-2-1-6-19(29)16-5-3-10-26-14-16/h3-5,7-10,12-14,19,32H,1-2,6,11,15H2. The van der Waals surface area contributed by atoms with Crippen LogP contribution in [0.2, 0.25) is 0 Å². The van der Waals surface area contributed by atoms with Gasteiger partial charge in [0, 0.05) is 34.8 Å². The quantitative estimate of drug-likeness (QED) is 0.324. The first kappa shape index (κ1) is 21.5. The Morgan fingerprint density at radius 2 is 2.15 bits per heavy atom. The van der Waals surface area contributed by atoms with Crippen molar-refractivity contribution >= 4 is 38.4 Å². The predicted molar refractivity (Wildman–Crippen MR) is 126 cm³/mol. The molecule has 1 aromatic carbocycles. The van der Waals surface area contributed by atoms with E-state index in [1.807, 2.05) is 35.0 Å². The molecule has 4 aromatic rings. The number of fused-ring (bicyclic) bond motifs is 1. The molecule has 0 bridgehead atoms. The highest BCUT2D eigenvalue weighted by Crippen LogP contribution is 2.41. The minimum absolute atomic E-state index is 0.0328. The van der Waals surface area contributed by atoms with Crippen molar-refractivity contribution in [1.29, 1.82) is 0 Å². The predicted octanol–water partition coefficient (Wildman–Crippen LogP) is 6.21. The molecule has 4 heterocycles. The van der Waals surface area contributed by atoms with E-state index in [2.05, 4.69) is 42.1 Å². The SMILES string of the molecule is O=C(N=Nc1c(O)n(CN2CCCCC2c2cccnc2)c2ccc(Br)cc12)c1ccco1. The summed E-state index contributed by atoms with van der Waals surface area (Å²) >= 11 is 3.49. The number of aromatic nitrogens is 2. The zero-order chi connectivity index (χ0) is 22.8. The normalized spacial score (nSPS) is 17.2. The Labute approximate surface area is 198 Å². The molecule has 9 heteroatoms. The van der Waals surface area contributed by atoms with Gasteiger partial charge in [0.1, 0.15) is 0 Å². The van der Waals surface area contributed by atoms with Crippen molar-refractivity contribution in [3.8, 4) is 5.88 Å². The Balaban J connectivity index is 1.52. The zero-order valence-electron chi connectivity index (χ0n) is 17.8. The minimum Gasteiger partial charge on any atom is -0.493 e. The highest BCUT2D eigenvalue weighted by Gasteiger charge is 2.27. The second kappa shape index (κ2) is 9.29. The monoisotopic (exact) mass is 507 g/mol. The van der Waals surface area contributed by atoms with Gasteiger partial charge in [-0.3, -0.25) is 19.2 Å². The second-order valence-corrected chi connectivity index (χ2v) is 8.91. The van der Waals surface area contributed by atoms with Gasteiger partial charge in [-0.1, -0.05) is 28.4 Å². The van der Waals surface area contributed by atoms with E-state index in [1.165, 1.54) is 17.9 Å². The number of carbonyl (C=O) groups is 1. The highest BCUT2D eigenvalue weighted by atomic mass is 79.9. The highest BCUT2D eigenvalue weighted by molar-refractivity contribution is 9.10. The number of halogens is 1. The fraction of sp³-hybridized carbons (Fsp3) is 0.250. The van der Waals surface area contributed by atoms with E-state index in [4.69, 9.17) is 4.42 Å². The molecule has 0 spiro atoms. The van der Waals surface area contributed by atoms with Crippen LogP contribution in [0.1, 0.15) is 41.4 Å². The van der Waals surface area contributed by atoms with Crippen LogP contribution in [-0.2, 0) is 6.67 Å². The number of benzene rings is 1. The Kier molecular flexibility index (Phi) is 6.06. The molecule has 3 aromatic heterocycles. The first-order valence-corrected chi connectivity index (χ1v) is 11.6.